The topological polar surface area (TPSA) is 38.8 Å². The van der Waals surface area contributed by atoms with Crippen molar-refractivity contribution in [1.29, 1.82) is 0 Å². The predicted molar refractivity (Wildman–Crippen MR) is 106 cm³/mol. The highest BCUT2D eigenvalue weighted by Gasteiger charge is 2.43. The quantitative estimate of drug-likeness (QED) is 0.791. The predicted octanol–water partition coefficient (Wildman–Crippen LogP) is 3.84. The first-order valence-corrected chi connectivity index (χ1v) is 10.8. The van der Waals surface area contributed by atoms with Gasteiger partial charge in [0.05, 0.1) is 24.7 Å². The van der Waals surface area contributed by atoms with Gasteiger partial charge in [-0.3, -0.25) is 4.79 Å². The summed E-state index contributed by atoms with van der Waals surface area (Å²) in [5, 5.41) is 0. The average molecular weight is 384 g/mol. The van der Waals surface area contributed by atoms with Crippen LogP contribution in [0.4, 0.5) is 0 Å². The zero-order valence-corrected chi connectivity index (χ0v) is 16.3. The second-order valence-electron chi connectivity index (χ2n) is 7.79. The fraction of sp³-hybridized carbons (Fsp3) is 0.500. The molecule has 3 aliphatic heterocycles. The van der Waals surface area contributed by atoms with Crippen molar-refractivity contribution in [1.82, 2.24) is 4.90 Å². The van der Waals surface area contributed by atoms with Crippen LogP contribution >= 0.6 is 11.3 Å². The number of carbonyl (C=O) groups is 1. The molecule has 0 bridgehead atoms. The summed E-state index contributed by atoms with van der Waals surface area (Å²) in [5.41, 5.74) is 2.44. The van der Waals surface area contributed by atoms with E-state index in [0.717, 1.165) is 52.0 Å². The SMILES string of the molecule is O=C(C1CCOC1)N1CCC2(CC1)OCCc1sc(-c3ccccc3)cc12. The van der Waals surface area contributed by atoms with Gasteiger partial charge in [-0.1, -0.05) is 30.3 Å². The minimum atomic E-state index is -0.208. The summed E-state index contributed by atoms with van der Waals surface area (Å²) in [6.07, 6.45) is 3.65. The van der Waals surface area contributed by atoms with Gasteiger partial charge in [-0.25, -0.2) is 0 Å². The lowest BCUT2D eigenvalue weighted by molar-refractivity contribution is -0.144. The summed E-state index contributed by atoms with van der Waals surface area (Å²) < 4.78 is 11.8. The normalized spacial score (nSPS) is 24.1. The lowest BCUT2D eigenvalue weighted by Gasteiger charge is -2.44. The maximum atomic E-state index is 12.7. The van der Waals surface area contributed by atoms with Crippen LogP contribution in [-0.2, 0) is 26.3 Å². The van der Waals surface area contributed by atoms with Crippen molar-refractivity contribution in [2.24, 2.45) is 5.92 Å². The number of hydrogen-bond acceptors (Lipinski definition) is 4. The number of carbonyl (C=O) groups excluding carboxylic acids is 1. The molecule has 1 amide bonds. The van der Waals surface area contributed by atoms with Crippen LogP contribution in [0.15, 0.2) is 36.4 Å². The molecule has 0 radical (unpaired) electrons. The van der Waals surface area contributed by atoms with E-state index < -0.39 is 0 Å². The monoisotopic (exact) mass is 383 g/mol. The Morgan fingerprint density at radius 1 is 1.15 bits per heavy atom. The summed E-state index contributed by atoms with van der Waals surface area (Å²) >= 11 is 1.91. The van der Waals surface area contributed by atoms with Crippen molar-refractivity contribution in [3.05, 3.63) is 46.8 Å². The maximum Gasteiger partial charge on any atom is 0.228 e. The van der Waals surface area contributed by atoms with E-state index in [-0.39, 0.29) is 17.4 Å². The highest BCUT2D eigenvalue weighted by Crippen LogP contribution is 2.46. The summed E-state index contributed by atoms with van der Waals surface area (Å²) in [6.45, 7) is 3.66. The molecule has 0 N–H and O–H groups in total. The van der Waals surface area contributed by atoms with E-state index in [9.17, 15) is 4.79 Å². The van der Waals surface area contributed by atoms with Gasteiger partial charge in [0.1, 0.15) is 0 Å². The molecule has 1 aromatic heterocycles. The maximum absolute atomic E-state index is 12.7. The molecular formula is C22H25NO3S. The first-order valence-electron chi connectivity index (χ1n) is 9.94. The Kier molecular flexibility index (Phi) is 4.54. The minimum Gasteiger partial charge on any atom is -0.381 e. The molecule has 142 valence electrons. The van der Waals surface area contributed by atoms with Gasteiger partial charge in [-0.15, -0.1) is 11.3 Å². The zero-order valence-electron chi connectivity index (χ0n) is 15.5. The molecule has 1 unspecified atom stereocenters. The number of nitrogens with zero attached hydrogens (tertiary/aromatic N) is 1. The van der Waals surface area contributed by atoms with Crippen LogP contribution in [0.25, 0.3) is 10.4 Å². The van der Waals surface area contributed by atoms with Crippen molar-refractivity contribution in [2.45, 2.75) is 31.3 Å². The van der Waals surface area contributed by atoms with E-state index in [1.54, 1.807) is 0 Å². The number of piperidine rings is 1. The van der Waals surface area contributed by atoms with Crippen LogP contribution in [0.1, 0.15) is 29.7 Å². The molecule has 5 rings (SSSR count). The van der Waals surface area contributed by atoms with Crippen molar-refractivity contribution < 1.29 is 14.3 Å². The second kappa shape index (κ2) is 7.04. The van der Waals surface area contributed by atoms with Crippen LogP contribution in [0, 0.1) is 5.92 Å². The first-order chi connectivity index (χ1) is 13.3. The molecule has 4 heterocycles. The van der Waals surface area contributed by atoms with Crippen molar-refractivity contribution >= 4 is 17.2 Å². The number of ether oxygens (including phenoxy) is 2. The molecule has 5 heteroatoms. The molecule has 1 atom stereocenters. The molecule has 2 fully saturated rings. The van der Waals surface area contributed by atoms with Crippen LogP contribution in [-0.4, -0.2) is 43.7 Å². The van der Waals surface area contributed by atoms with Gasteiger partial charge in [0.2, 0.25) is 5.91 Å². The molecule has 1 aromatic carbocycles. The zero-order chi connectivity index (χ0) is 18.3. The second-order valence-corrected chi connectivity index (χ2v) is 8.93. The average Bonchev–Trinajstić information content (AvgIpc) is 3.40. The number of likely N-dealkylation sites (tertiary alicyclic amines) is 1. The fourth-order valence-electron chi connectivity index (χ4n) is 4.65. The number of hydrogen-bond donors (Lipinski definition) is 0. The lowest BCUT2D eigenvalue weighted by atomic mass is 9.82. The lowest BCUT2D eigenvalue weighted by Crippen LogP contribution is -2.49. The molecule has 3 aliphatic rings. The molecular weight excluding hydrogens is 358 g/mol. The minimum absolute atomic E-state index is 0.0627. The summed E-state index contributed by atoms with van der Waals surface area (Å²) in [6, 6.07) is 12.9. The third-order valence-corrected chi connectivity index (χ3v) is 7.47. The molecule has 0 aliphatic carbocycles. The van der Waals surface area contributed by atoms with Gasteiger partial charge in [-0.05, 0) is 36.5 Å². The third-order valence-electron chi connectivity index (χ3n) is 6.23. The van der Waals surface area contributed by atoms with Gasteiger partial charge < -0.3 is 14.4 Å². The Hall–Kier alpha value is -1.69. The molecule has 0 saturated carbocycles. The standard InChI is InChI=1S/C22H25NO3S/c24-21(17-6-12-25-15-17)23-10-8-22(9-11-23)18-14-20(16-4-2-1-3-5-16)27-19(18)7-13-26-22/h1-5,14,17H,6-13,15H2. The number of rotatable bonds is 2. The molecule has 1 spiro atoms. The number of amides is 1. The molecule has 27 heavy (non-hydrogen) atoms. The summed E-state index contributed by atoms with van der Waals surface area (Å²) in [5.74, 6) is 0.335. The highest BCUT2D eigenvalue weighted by atomic mass is 32.1. The summed E-state index contributed by atoms with van der Waals surface area (Å²) in [4.78, 5) is 17.5. The van der Waals surface area contributed by atoms with Crippen LogP contribution in [0.2, 0.25) is 0 Å². The Bertz CT molecular complexity index is 817. The number of fused-ring (bicyclic) bond motifs is 2. The largest absolute Gasteiger partial charge is 0.381 e. The summed E-state index contributed by atoms with van der Waals surface area (Å²) in [7, 11) is 0. The Labute approximate surface area is 164 Å². The first kappa shape index (κ1) is 17.4. The van der Waals surface area contributed by atoms with E-state index in [1.165, 1.54) is 20.9 Å². The van der Waals surface area contributed by atoms with Crippen molar-refractivity contribution in [3.63, 3.8) is 0 Å². The van der Waals surface area contributed by atoms with Crippen molar-refractivity contribution in [3.8, 4) is 10.4 Å². The van der Waals surface area contributed by atoms with E-state index in [0.29, 0.717) is 6.61 Å². The molecule has 4 nitrogen and oxygen atoms in total. The highest BCUT2D eigenvalue weighted by molar-refractivity contribution is 7.15. The van der Waals surface area contributed by atoms with Crippen LogP contribution in [0.5, 0.6) is 0 Å². The third kappa shape index (κ3) is 3.12. The van der Waals surface area contributed by atoms with E-state index >= 15 is 0 Å². The van der Waals surface area contributed by atoms with Crippen LogP contribution < -0.4 is 0 Å². The Morgan fingerprint density at radius 2 is 1.96 bits per heavy atom. The van der Waals surface area contributed by atoms with Crippen molar-refractivity contribution in [2.75, 3.05) is 32.9 Å². The Morgan fingerprint density at radius 3 is 2.70 bits per heavy atom. The smallest absolute Gasteiger partial charge is 0.228 e. The van der Waals surface area contributed by atoms with Gasteiger partial charge >= 0.3 is 0 Å². The van der Waals surface area contributed by atoms with E-state index in [1.807, 2.05) is 16.2 Å². The van der Waals surface area contributed by atoms with Gasteiger partial charge in [0, 0.05) is 35.9 Å². The van der Waals surface area contributed by atoms with Crippen LogP contribution in [0.3, 0.4) is 0 Å². The van der Waals surface area contributed by atoms with Gasteiger partial charge in [0.25, 0.3) is 0 Å². The molecule has 2 saturated heterocycles. The van der Waals surface area contributed by atoms with Gasteiger partial charge in [-0.2, -0.15) is 0 Å². The van der Waals surface area contributed by atoms with E-state index in [4.69, 9.17) is 9.47 Å². The van der Waals surface area contributed by atoms with E-state index in [2.05, 4.69) is 36.4 Å². The number of thiophene rings is 1. The fourth-order valence-corrected chi connectivity index (χ4v) is 5.89. The van der Waals surface area contributed by atoms with Gasteiger partial charge in [0.15, 0.2) is 0 Å². The number of benzene rings is 1. The molecule has 2 aromatic rings. The Balaban J connectivity index is 1.36.